The van der Waals surface area contributed by atoms with Crippen LogP contribution in [-0.4, -0.2) is 16.7 Å². The zero-order valence-corrected chi connectivity index (χ0v) is 4.57. The first-order chi connectivity index (χ1) is 4.25. The van der Waals surface area contributed by atoms with Gasteiger partial charge in [-0.2, -0.15) is 0 Å². The van der Waals surface area contributed by atoms with Crippen molar-refractivity contribution in [3.8, 4) is 0 Å². The molecule has 9 heavy (non-hydrogen) atoms. The zero-order chi connectivity index (χ0) is 6.85. The van der Waals surface area contributed by atoms with Gasteiger partial charge in [-0.05, 0) is 0 Å². The molecule has 1 aliphatic rings. The van der Waals surface area contributed by atoms with Gasteiger partial charge in [0.1, 0.15) is 6.67 Å². The van der Waals surface area contributed by atoms with Crippen molar-refractivity contribution in [2.75, 3.05) is 0 Å². The minimum absolute atomic E-state index is 0.387. The van der Waals surface area contributed by atoms with E-state index in [0.717, 1.165) is 11.6 Å². The molecule has 0 spiro atoms. The summed E-state index contributed by atoms with van der Waals surface area (Å²) >= 11 is 0. The Hall–Kier alpha value is -1.16. The van der Waals surface area contributed by atoms with Crippen molar-refractivity contribution in [2.24, 2.45) is 5.73 Å². The third-order valence-electron chi connectivity index (χ3n) is 0.992. The van der Waals surface area contributed by atoms with Crippen LogP contribution in [0.4, 0.5) is 0 Å². The Morgan fingerprint density at radius 3 is 2.00 bits per heavy atom. The van der Waals surface area contributed by atoms with Gasteiger partial charge in [0.15, 0.2) is 0 Å². The van der Waals surface area contributed by atoms with Gasteiger partial charge in [-0.15, -0.1) is 0 Å². The first-order valence-corrected chi connectivity index (χ1v) is 2.36. The maximum Gasteiger partial charge on any atom is 0.255 e. The van der Waals surface area contributed by atoms with Crippen molar-refractivity contribution in [1.82, 2.24) is 4.90 Å². The highest BCUT2D eigenvalue weighted by Gasteiger charge is 2.21. The molecule has 4 heteroatoms. The average molecular weight is 125 g/mol. The lowest BCUT2D eigenvalue weighted by atomic mass is 10.6. The molecule has 2 N–H and O–H groups in total. The molecule has 1 heterocycles. The first kappa shape index (κ1) is 5.97. The lowest BCUT2D eigenvalue weighted by molar-refractivity contribution is -0.134. The molecule has 0 aliphatic carbocycles. The van der Waals surface area contributed by atoms with E-state index in [2.05, 4.69) is 0 Å². The number of hydrogen-bond donors (Lipinski definition) is 1. The topological polar surface area (TPSA) is 63.4 Å². The average Bonchev–Trinajstić information content (AvgIpc) is 2.12. The van der Waals surface area contributed by atoms with Gasteiger partial charge in [0.05, 0.1) is 0 Å². The summed E-state index contributed by atoms with van der Waals surface area (Å²) in [6.45, 7) is 0.949. The van der Waals surface area contributed by atoms with E-state index in [0.29, 0.717) is 0 Å². The second-order valence-corrected chi connectivity index (χ2v) is 1.53. The van der Waals surface area contributed by atoms with Crippen molar-refractivity contribution < 1.29 is 9.59 Å². The Morgan fingerprint density at radius 2 is 1.78 bits per heavy atom. The summed E-state index contributed by atoms with van der Waals surface area (Å²) in [7, 11) is 0. The Bertz CT molecular complexity index is 167. The van der Waals surface area contributed by atoms with E-state index in [-0.39, 0.29) is 11.8 Å². The third-order valence-corrected chi connectivity index (χ3v) is 0.992. The van der Waals surface area contributed by atoms with Gasteiger partial charge in [-0.3, -0.25) is 14.5 Å². The minimum atomic E-state index is -0.387. The molecule has 47 valence electrons. The molecular formula is C5H5N2O2. The molecular weight excluding hydrogens is 120 g/mol. The monoisotopic (exact) mass is 125 g/mol. The Kier molecular flexibility index (Phi) is 1.32. The van der Waals surface area contributed by atoms with E-state index in [1.54, 1.807) is 0 Å². The fraction of sp³-hybridized carbons (Fsp3) is 0. The van der Waals surface area contributed by atoms with Gasteiger partial charge in [0.25, 0.3) is 11.8 Å². The highest BCUT2D eigenvalue weighted by atomic mass is 16.2. The summed E-state index contributed by atoms with van der Waals surface area (Å²) in [6.07, 6.45) is 2.34. The highest BCUT2D eigenvalue weighted by molar-refractivity contribution is 6.13. The number of hydrogen-bond acceptors (Lipinski definition) is 3. The fourth-order valence-electron chi connectivity index (χ4n) is 0.559. The van der Waals surface area contributed by atoms with Crippen LogP contribution in [-0.2, 0) is 9.59 Å². The van der Waals surface area contributed by atoms with Crippen LogP contribution in [0.2, 0.25) is 0 Å². The summed E-state index contributed by atoms with van der Waals surface area (Å²) < 4.78 is 0. The van der Waals surface area contributed by atoms with Crippen LogP contribution >= 0.6 is 0 Å². The molecule has 1 aliphatic heterocycles. The second kappa shape index (κ2) is 1.99. The lowest BCUT2D eigenvalue weighted by Crippen LogP contribution is -2.30. The van der Waals surface area contributed by atoms with Gasteiger partial charge >= 0.3 is 0 Å². The number of rotatable bonds is 1. The third kappa shape index (κ3) is 0.837. The lowest BCUT2D eigenvalue weighted by Gasteiger charge is -2.06. The highest BCUT2D eigenvalue weighted by Crippen LogP contribution is 2.01. The molecule has 2 amide bonds. The smallest absolute Gasteiger partial charge is 0.255 e. The van der Waals surface area contributed by atoms with Crippen LogP contribution in [0.15, 0.2) is 12.2 Å². The summed E-state index contributed by atoms with van der Waals surface area (Å²) in [5.74, 6) is -0.773. The fourth-order valence-corrected chi connectivity index (χ4v) is 0.559. The zero-order valence-electron chi connectivity index (χ0n) is 4.57. The van der Waals surface area contributed by atoms with Crippen LogP contribution in [0.3, 0.4) is 0 Å². The standard InChI is InChI=1S/C5H5N2O2/c6-3-7-4(8)1-2-5(7)9/h1-3H,6H2. The Morgan fingerprint density at radius 1 is 1.33 bits per heavy atom. The van der Waals surface area contributed by atoms with E-state index in [1.165, 1.54) is 12.2 Å². The number of imide groups is 1. The predicted molar refractivity (Wildman–Crippen MR) is 29.5 cm³/mol. The maximum atomic E-state index is 10.5. The molecule has 0 bridgehead atoms. The number of carbonyl (C=O) groups is 2. The molecule has 0 unspecified atom stereocenters. The van der Waals surface area contributed by atoms with Crippen molar-refractivity contribution in [2.45, 2.75) is 0 Å². The maximum absolute atomic E-state index is 10.5. The van der Waals surface area contributed by atoms with E-state index < -0.39 is 0 Å². The molecule has 0 saturated heterocycles. The van der Waals surface area contributed by atoms with E-state index in [4.69, 9.17) is 5.73 Å². The van der Waals surface area contributed by atoms with Gasteiger partial charge in [0, 0.05) is 12.2 Å². The summed E-state index contributed by atoms with van der Waals surface area (Å²) in [4.78, 5) is 21.9. The molecule has 1 rings (SSSR count). The quantitative estimate of drug-likeness (QED) is 0.456. The minimum Gasteiger partial charge on any atom is -0.308 e. The van der Waals surface area contributed by atoms with Crippen LogP contribution in [0.1, 0.15) is 0 Å². The molecule has 1 radical (unpaired) electrons. The SMILES string of the molecule is N[CH]N1C(=O)C=CC1=O. The normalized spacial score (nSPS) is 17.7. The summed E-state index contributed by atoms with van der Waals surface area (Å²) in [6, 6.07) is 0. The van der Waals surface area contributed by atoms with Gasteiger partial charge in [-0.1, -0.05) is 0 Å². The molecule has 0 atom stereocenters. The molecule has 0 aromatic heterocycles. The van der Waals surface area contributed by atoms with Crippen molar-refractivity contribution >= 4 is 11.8 Å². The Labute approximate surface area is 51.9 Å². The van der Waals surface area contributed by atoms with Gasteiger partial charge < -0.3 is 5.73 Å². The van der Waals surface area contributed by atoms with Gasteiger partial charge in [-0.25, -0.2) is 0 Å². The summed E-state index contributed by atoms with van der Waals surface area (Å²) in [5, 5.41) is 0. The van der Waals surface area contributed by atoms with Crippen molar-refractivity contribution in [3.05, 3.63) is 18.8 Å². The molecule has 4 nitrogen and oxygen atoms in total. The second-order valence-electron chi connectivity index (χ2n) is 1.53. The Balaban J connectivity index is 2.75. The van der Waals surface area contributed by atoms with Crippen LogP contribution in [0.25, 0.3) is 0 Å². The number of carbonyl (C=O) groups excluding carboxylic acids is 2. The number of nitrogens with two attached hydrogens (primary N) is 1. The molecule has 0 fully saturated rings. The van der Waals surface area contributed by atoms with Crippen LogP contribution in [0.5, 0.6) is 0 Å². The number of amides is 2. The number of nitrogens with zero attached hydrogens (tertiary/aromatic N) is 1. The van der Waals surface area contributed by atoms with Gasteiger partial charge in [0.2, 0.25) is 0 Å². The summed E-state index contributed by atoms with van der Waals surface area (Å²) in [5.41, 5.74) is 4.93. The van der Waals surface area contributed by atoms with E-state index in [9.17, 15) is 9.59 Å². The first-order valence-electron chi connectivity index (χ1n) is 2.36. The molecule has 0 aromatic carbocycles. The largest absolute Gasteiger partial charge is 0.308 e. The molecule has 0 saturated carbocycles. The van der Waals surface area contributed by atoms with Crippen LogP contribution in [0, 0.1) is 6.67 Å². The van der Waals surface area contributed by atoms with Crippen molar-refractivity contribution in [1.29, 1.82) is 0 Å². The van der Waals surface area contributed by atoms with E-state index >= 15 is 0 Å². The predicted octanol–water partition coefficient (Wildman–Crippen LogP) is -1.01. The van der Waals surface area contributed by atoms with Crippen LogP contribution < -0.4 is 5.73 Å². The van der Waals surface area contributed by atoms with Crippen molar-refractivity contribution in [3.63, 3.8) is 0 Å². The molecule has 0 aromatic rings. The van der Waals surface area contributed by atoms with E-state index in [1.807, 2.05) is 0 Å².